The predicted octanol–water partition coefficient (Wildman–Crippen LogP) is 4.05. The van der Waals surface area contributed by atoms with Gasteiger partial charge in [-0.2, -0.15) is 5.10 Å². The molecule has 140 valence electrons. The van der Waals surface area contributed by atoms with Crippen LogP contribution in [0.3, 0.4) is 0 Å². The van der Waals surface area contributed by atoms with Crippen LogP contribution in [0.25, 0.3) is 0 Å². The molecule has 0 bridgehead atoms. The number of carbonyl (C=O) groups excluding carboxylic acids is 1. The maximum Gasteiger partial charge on any atom is 0.317 e. The molecule has 5 heteroatoms. The fourth-order valence-corrected chi connectivity index (χ4v) is 3.06. The third-order valence-electron chi connectivity index (χ3n) is 4.44. The predicted molar refractivity (Wildman–Crippen MR) is 107 cm³/mol. The Kier molecular flexibility index (Phi) is 6.63. The van der Waals surface area contributed by atoms with Crippen molar-refractivity contribution in [2.75, 3.05) is 6.54 Å². The Morgan fingerprint density at radius 2 is 1.78 bits per heavy atom. The van der Waals surface area contributed by atoms with Crippen LogP contribution in [0.1, 0.15) is 30.0 Å². The van der Waals surface area contributed by atoms with Crippen LogP contribution >= 0.6 is 0 Å². The maximum absolute atomic E-state index is 12.7. The fourth-order valence-electron chi connectivity index (χ4n) is 3.06. The summed E-state index contributed by atoms with van der Waals surface area (Å²) < 4.78 is 1.89. The van der Waals surface area contributed by atoms with Crippen molar-refractivity contribution < 1.29 is 4.79 Å². The van der Waals surface area contributed by atoms with E-state index in [1.165, 1.54) is 0 Å². The van der Waals surface area contributed by atoms with Crippen molar-refractivity contribution >= 4 is 6.03 Å². The van der Waals surface area contributed by atoms with Crippen molar-refractivity contribution in [1.29, 1.82) is 0 Å². The highest BCUT2D eigenvalue weighted by molar-refractivity contribution is 5.74. The van der Waals surface area contributed by atoms with E-state index in [-0.39, 0.29) is 6.03 Å². The Balaban J connectivity index is 1.63. The van der Waals surface area contributed by atoms with E-state index in [9.17, 15) is 4.79 Å². The molecule has 0 aliphatic heterocycles. The molecule has 0 spiro atoms. The van der Waals surface area contributed by atoms with E-state index in [0.29, 0.717) is 19.6 Å². The van der Waals surface area contributed by atoms with Gasteiger partial charge in [-0.25, -0.2) is 4.79 Å². The zero-order valence-corrected chi connectivity index (χ0v) is 15.7. The number of hydrogen-bond donors (Lipinski definition) is 1. The Hall–Kier alpha value is -3.08. The van der Waals surface area contributed by atoms with Gasteiger partial charge in [0.2, 0.25) is 0 Å². The van der Waals surface area contributed by atoms with Crippen LogP contribution in [-0.4, -0.2) is 27.3 Å². The monoisotopic (exact) mass is 362 g/mol. The van der Waals surface area contributed by atoms with Crippen molar-refractivity contribution in [3.63, 3.8) is 0 Å². The summed E-state index contributed by atoms with van der Waals surface area (Å²) in [5, 5.41) is 7.35. The van der Waals surface area contributed by atoms with Gasteiger partial charge in [-0.05, 0) is 29.2 Å². The average Bonchev–Trinajstić information content (AvgIpc) is 3.21. The summed E-state index contributed by atoms with van der Waals surface area (Å²) in [6.45, 7) is 4.64. The zero-order valence-electron chi connectivity index (χ0n) is 15.7. The van der Waals surface area contributed by atoms with Gasteiger partial charge in [0.05, 0.1) is 6.54 Å². The lowest BCUT2D eigenvalue weighted by Gasteiger charge is -2.23. The van der Waals surface area contributed by atoms with Crippen LogP contribution in [0.4, 0.5) is 4.79 Å². The highest BCUT2D eigenvalue weighted by atomic mass is 16.2. The van der Waals surface area contributed by atoms with E-state index in [0.717, 1.165) is 29.7 Å². The van der Waals surface area contributed by atoms with Gasteiger partial charge in [0.15, 0.2) is 0 Å². The molecule has 27 heavy (non-hydrogen) atoms. The molecule has 0 aliphatic carbocycles. The Morgan fingerprint density at radius 3 is 2.48 bits per heavy atom. The largest absolute Gasteiger partial charge is 0.334 e. The minimum atomic E-state index is -0.0328. The van der Waals surface area contributed by atoms with E-state index >= 15 is 0 Å². The molecule has 2 amide bonds. The topological polar surface area (TPSA) is 50.2 Å². The third kappa shape index (κ3) is 5.45. The molecule has 0 fully saturated rings. The summed E-state index contributed by atoms with van der Waals surface area (Å²) in [6, 6.07) is 20.1. The van der Waals surface area contributed by atoms with Crippen molar-refractivity contribution in [2.45, 2.75) is 33.0 Å². The summed E-state index contributed by atoms with van der Waals surface area (Å²) in [6.07, 6.45) is 4.64. The first-order chi connectivity index (χ1) is 13.3. The first kappa shape index (κ1) is 18.7. The lowest BCUT2D eigenvalue weighted by atomic mass is 10.1. The van der Waals surface area contributed by atoms with E-state index in [4.69, 9.17) is 0 Å². The summed E-state index contributed by atoms with van der Waals surface area (Å²) in [5.41, 5.74) is 3.41. The van der Waals surface area contributed by atoms with Gasteiger partial charge in [0.1, 0.15) is 0 Å². The van der Waals surface area contributed by atoms with Crippen molar-refractivity contribution in [1.82, 2.24) is 20.0 Å². The molecule has 0 aliphatic rings. The van der Waals surface area contributed by atoms with E-state index in [1.807, 2.05) is 52.2 Å². The molecule has 0 radical (unpaired) electrons. The number of amides is 2. The zero-order chi connectivity index (χ0) is 18.9. The third-order valence-corrected chi connectivity index (χ3v) is 4.44. The number of aromatic nitrogens is 2. The second-order valence-electron chi connectivity index (χ2n) is 6.54. The summed E-state index contributed by atoms with van der Waals surface area (Å²) >= 11 is 0. The summed E-state index contributed by atoms with van der Waals surface area (Å²) in [5.74, 6) is 0. The van der Waals surface area contributed by atoms with Gasteiger partial charge in [-0.1, -0.05) is 61.5 Å². The normalized spacial score (nSPS) is 10.6. The van der Waals surface area contributed by atoms with Crippen LogP contribution in [0.2, 0.25) is 0 Å². The highest BCUT2D eigenvalue weighted by Crippen LogP contribution is 2.11. The van der Waals surface area contributed by atoms with Crippen LogP contribution in [0.5, 0.6) is 0 Å². The van der Waals surface area contributed by atoms with Gasteiger partial charge in [0, 0.05) is 32.0 Å². The number of rotatable bonds is 8. The van der Waals surface area contributed by atoms with Gasteiger partial charge >= 0.3 is 6.03 Å². The molecule has 3 rings (SSSR count). The first-order valence-corrected chi connectivity index (χ1v) is 9.37. The van der Waals surface area contributed by atoms with Crippen molar-refractivity contribution in [2.24, 2.45) is 0 Å². The standard InChI is InChI=1S/C22H26N4O/c1-2-14-25(17-19-9-4-3-5-10-19)22(27)23-16-20-11-6-7-12-21(20)18-26-15-8-13-24-26/h3-13,15H,2,14,16-18H2,1H3,(H,23,27). The van der Waals surface area contributed by atoms with Crippen molar-refractivity contribution in [3.05, 3.63) is 89.7 Å². The second-order valence-corrected chi connectivity index (χ2v) is 6.54. The van der Waals surface area contributed by atoms with Crippen LogP contribution in [0, 0.1) is 0 Å². The van der Waals surface area contributed by atoms with Crippen LogP contribution in [0.15, 0.2) is 73.1 Å². The Bertz CT molecular complexity index is 831. The van der Waals surface area contributed by atoms with Crippen LogP contribution < -0.4 is 5.32 Å². The van der Waals surface area contributed by atoms with E-state index < -0.39 is 0 Å². The van der Waals surface area contributed by atoms with E-state index in [2.05, 4.69) is 41.6 Å². The molecule has 1 heterocycles. The quantitative estimate of drug-likeness (QED) is 0.657. The van der Waals surface area contributed by atoms with Gasteiger partial charge in [-0.3, -0.25) is 4.68 Å². The average molecular weight is 362 g/mol. The minimum absolute atomic E-state index is 0.0328. The molecule has 2 aromatic carbocycles. The van der Waals surface area contributed by atoms with E-state index in [1.54, 1.807) is 6.20 Å². The molecule has 3 aromatic rings. The minimum Gasteiger partial charge on any atom is -0.334 e. The molecule has 0 saturated heterocycles. The van der Waals surface area contributed by atoms with Gasteiger partial charge in [-0.15, -0.1) is 0 Å². The molecule has 0 unspecified atom stereocenters. The number of benzene rings is 2. The molecule has 5 nitrogen and oxygen atoms in total. The summed E-state index contributed by atoms with van der Waals surface area (Å²) in [4.78, 5) is 14.6. The molecule has 1 N–H and O–H groups in total. The van der Waals surface area contributed by atoms with Crippen LogP contribution in [-0.2, 0) is 19.6 Å². The number of hydrogen-bond acceptors (Lipinski definition) is 2. The van der Waals surface area contributed by atoms with Gasteiger partial charge < -0.3 is 10.2 Å². The summed E-state index contributed by atoms with van der Waals surface area (Å²) in [7, 11) is 0. The molecule has 1 aromatic heterocycles. The van der Waals surface area contributed by atoms with Crippen molar-refractivity contribution in [3.8, 4) is 0 Å². The Morgan fingerprint density at radius 1 is 1.04 bits per heavy atom. The second kappa shape index (κ2) is 9.57. The molecular formula is C22H26N4O. The molecular weight excluding hydrogens is 336 g/mol. The highest BCUT2D eigenvalue weighted by Gasteiger charge is 2.13. The first-order valence-electron chi connectivity index (χ1n) is 9.37. The lowest BCUT2D eigenvalue weighted by molar-refractivity contribution is 0.194. The SMILES string of the molecule is CCCN(Cc1ccccc1)C(=O)NCc1ccccc1Cn1cccn1. The smallest absolute Gasteiger partial charge is 0.317 e. The Labute approximate surface area is 160 Å². The fraction of sp³-hybridized carbons (Fsp3) is 0.273. The molecule has 0 saturated carbocycles. The number of nitrogens with one attached hydrogen (secondary N) is 1. The number of urea groups is 1. The van der Waals surface area contributed by atoms with Gasteiger partial charge in [0.25, 0.3) is 0 Å². The number of carbonyl (C=O) groups is 1. The maximum atomic E-state index is 12.7. The number of nitrogens with zero attached hydrogens (tertiary/aromatic N) is 3. The lowest BCUT2D eigenvalue weighted by Crippen LogP contribution is -2.39. The molecule has 0 atom stereocenters.